The summed E-state index contributed by atoms with van der Waals surface area (Å²) in [5.41, 5.74) is 2.38. The lowest BCUT2D eigenvalue weighted by Crippen LogP contribution is -2.43. The van der Waals surface area contributed by atoms with Crippen LogP contribution in [0.5, 0.6) is 0 Å². The average molecular weight is 326 g/mol. The first-order valence-corrected chi connectivity index (χ1v) is 8.56. The molecule has 0 aliphatic carbocycles. The van der Waals surface area contributed by atoms with Crippen LogP contribution in [-0.4, -0.2) is 52.7 Å². The van der Waals surface area contributed by atoms with Crippen molar-refractivity contribution in [1.29, 1.82) is 0 Å². The second kappa shape index (κ2) is 7.18. The van der Waals surface area contributed by atoms with E-state index in [9.17, 15) is 4.79 Å². The van der Waals surface area contributed by atoms with E-state index in [1.54, 1.807) is 4.90 Å². The number of carbonyl (C=O) groups excluding carboxylic acids is 1. The molecule has 128 valence electrons. The monoisotopic (exact) mass is 326 g/mol. The van der Waals surface area contributed by atoms with Crippen molar-refractivity contribution in [3.8, 4) is 0 Å². The Morgan fingerprint density at radius 3 is 2.38 bits per heavy atom. The first-order chi connectivity index (χ1) is 11.6. The number of piperidine rings is 1. The van der Waals surface area contributed by atoms with Gasteiger partial charge in [0.1, 0.15) is 6.04 Å². The first-order valence-electron chi connectivity index (χ1n) is 8.56. The van der Waals surface area contributed by atoms with Gasteiger partial charge in [-0.2, -0.15) is 5.10 Å². The number of benzene rings is 1. The van der Waals surface area contributed by atoms with E-state index in [0.29, 0.717) is 5.92 Å². The van der Waals surface area contributed by atoms with Crippen LogP contribution in [0.3, 0.4) is 0 Å². The van der Waals surface area contributed by atoms with Crippen molar-refractivity contribution in [2.45, 2.75) is 24.8 Å². The Labute approximate surface area is 143 Å². The number of hydrogen-bond donors (Lipinski definition) is 0. The van der Waals surface area contributed by atoms with Crippen LogP contribution in [-0.2, 0) is 11.8 Å². The Kier molecular flexibility index (Phi) is 5.00. The smallest absolute Gasteiger partial charge is 0.244 e. The second-order valence-electron chi connectivity index (χ2n) is 6.74. The average Bonchev–Trinajstić information content (AvgIpc) is 3.02. The topological polar surface area (TPSA) is 41.4 Å². The summed E-state index contributed by atoms with van der Waals surface area (Å²) in [6, 6.07) is 12.0. The van der Waals surface area contributed by atoms with E-state index in [0.717, 1.165) is 31.5 Å². The third kappa shape index (κ3) is 3.36. The maximum atomic E-state index is 12.8. The molecule has 2 heterocycles. The molecule has 1 aliphatic heterocycles. The van der Waals surface area contributed by atoms with Crippen LogP contribution in [0.1, 0.15) is 36.1 Å². The molecule has 0 saturated carbocycles. The van der Waals surface area contributed by atoms with E-state index in [2.05, 4.69) is 28.2 Å². The van der Waals surface area contributed by atoms with Gasteiger partial charge in [0.05, 0.1) is 0 Å². The molecule has 1 saturated heterocycles. The largest absolute Gasteiger partial charge is 0.347 e. The SMILES string of the molecule is CN(C)C(=O)[C@@H](c1ccccc1)N1CCC(c2ccnn2C)CC1. The Morgan fingerprint density at radius 2 is 1.83 bits per heavy atom. The number of aromatic nitrogens is 2. The minimum Gasteiger partial charge on any atom is -0.347 e. The van der Waals surface area contributed by atoms with Gasteiger partial charge in [0.15, 0.2) is 0 Å². The molecule has 1 amide bonds. The van der Waals surface area contributed by atoms with Gasteiger partial charge in [0, 0.05) is 39.0 Å². The minimum atomic E-state index is -0.186. The number of nitrogens with zero attached hydrogens (tertiary/aromatic N) is 4. The van der Waals surface area contributed by atoms with E-state index in [-0.39, 0.29) is 11.9 Å². The van der Waals surface area contributed by atoms with Crippen LogP contribution < -0.4 is 0 Å². The summed E-state index contributed by atoms with van der Waals surface area (Å²) >= 11 is 0. The molecule has 1 aliphatic rings. The predicted molar refractivity (Wildman–Crippen MR) is 94.6 cm³/mol. The molecule has 1 atom stereocenters. The fourth-order valence-corrected chi connectivity index (χ4v) is 3.63. The molecular weight excluding hydrogens is 300 g/mol. The van der Waals surface area contributed by atoms with Gasteiger partial charge in [-0.3, -0.25) is 14.4 Å². The number of likely N-dealkylation sites (tertiary alicyclic amines) is 1. The Morgan fingerprint density at radius 1 is 1.17 bits per heavy atom. The van der Waals surface area contributed by atoms with Gasteiger partial charge in [-0.1, -0.05) is 30.3 Å². The minimum absolute atomic E-state index is 0.153. The molecule has 1 aromatic carbocycles. The van der Waals surface area contributed by atoms with E-state index in [4.69, 9.17) is 0 Å². The number of amides is 1. The summed E-state index contributed by atoms with van der Waals surface area (Å²) in [5.74, 6) is 0.680. The van der Waals surface area contributed by atoms with Crippen LogP contribution in [0.4, 0.5) is 0 Å². The molecule has 5 nitrogen and oxygen atoms in total. The molecule has 2 aromatic rings. The van der Waals surface area contributed by atoms with Crippen molar-refractivity contribution in [2.75, 3.05) is 27.2 Å². The summed E-state index contributed by atoms with van der Waals surface area (Å²) in [7, 11) is 5.67. The summed E-state index contributed by atoms with van der Waals surface area (Å²) in [5, 5.41) is 4.29. The van der Waals surface area contributed by atoms with Crippen LogP contribution >= 0.6 is 0 Å². The summed E-state index contributed by atoms with van der Waals surface area (Å²) in [6.45, 7) is 1.85. The Hall–Kier alpha value is -2.14. The second-order valence-corrected chi connectivity index (χ2v) is 6.74. The maximum Gasteiger partial charge on any atom is 0.244 e. The first kappa shape index (κ1) is 16.7. The number of aryl methyl sites for hydroxylation is 1. The Bertz CT molecular complexity index is 672. The van der Waals surface area contributed by atoms with Gasteiger partial charge in [-0.15, -0.1) is 0 Å². The third-order valence-electron chi connectivity index (χ3n) is 4.96. The number of rotatable bonds is 4. The number of hydrogen-bond acceptors (Lipinski definition) is 3. The highest BCUT2D eigenvalue weighted by molar-refractivity contribution is 5.82. The van der Waals surface area contributed by atoms with E-state index >= 15 is 0 Å². The number of carbonyl (C=O) groups is 1. The van der Waals surface area contributed by atoms with Gasteiger partial charge in [-0.25, -0.2) is 0 Å². The van der Waals surface area contributed by atoms with Crippen molar-refractivity contribution >= 4 is 5.91 Å². The lowest BCUT2D eigenvalue weighted by atomic mass is 9.91. The third-order valence-corrected chi connectivity index (χ3v) is 4.96. The lowest BCUT2D eigenvalue weighted by molar-refractivity contribution is -0.135. The standard InChI is InChI=1S/C19H26N4O/c1-21(2)19(24)18(16-7-5-4-6-8-16)23-13-10-15(11-14-23)17-9-12-20-22(17)3/h4-9,12,15,18H,10-11,13-14H2,1-3H3/t18-/m1/s1. The zero-order valence-electron chi connectivity index (χ0n) is 14.7. The van der Waals surface area contributed by atoms with Gasteiger partial charge in [0.2, 0.25) is 5.91 Å². The fraction of sp³-hybridized carbons (Fsp3) is 0.474. The van der Waals surface area contributed by atoms with Crippen LogP contribution in [0.2, 0.25) is 0 Å². The molecule has 24 heavy (non-hydrogen) atoms. The molecule has 5 heteroatoms. The summed E-state index contributed by atoms with van der Waals surface area (Å²) in [6.07, 6.45) is 3.98. The predicted octanol–water partition coefficient (Wildman–Crippen LogP) is 2.43. The maximum absolute atomic E-state index is 12.8. The van der Waals surface area contributed by atoms with Crippen molar-refractivity contribution in [3.63, 3.8) is 0 Å². The summed E-state index contributed by atoms with van der Waals surface area (Å²) < 4.78 is 1.97. The molecule has 3 rings (SSSR count). The van der Waals surface area contributed by atoms with Gasteiger partial charge < -0.3 is 4.90 Å². The van der Waals surface area contributed by atoms with E-state index in [1.807, 2.05) is 50.2 Å². The van der Waals surface area contributed by atoms with Gasteiger partial charge in [-0.05, 0) is 37.6 Å². The highest BCUT2D eigenvalue weighted by atomic mass is 16.2. The molecule has 0 bridgehead atoms. The zero-order valence-corrected chi connectivity index (χ0v) is 14.7. The molecule has 1 aromatic heterocycles. The summed E-state index contributed by atoms with van der Waals surface area (Å²) in [4.78, 5) is 16.8. The van der Waals surface area contributed by atoms with Crippen LogP contribution in [0.25, 0.3) is 0 Å². The zero-order chi connectivity index (χ0) is 17.1. The number of likely N-dealkylation sites (N-methyl/N-ethyl adjacent to an activating group) is 1. The van der Waals surface area contributed by atoms with Crippen molar-refractivity contribution in [2.24, 2.45) is 7.05 Å². The van der Waals surface area contributed by atoms with E-state index in [1.165, 1.54) is 5.69 Å². The van der Waals surface area contributed by atoms with Crippen molar-refractivity contribution in [3.05, 3.63) is 53.9 Å². The lowest BCUT2D eigenvalue weighted by Gasteiger charge is -2.38. The normalized spacial score (nSPS) is 17.6. The van der Waals surface area contributed by atoms with E-state index < -0.39 is 0 Å². The highest BCUT2D eigenvalue weighted by Gasteiger charge is 2.32. The molecule has 0 unspecified atom stereocenters. The molecule has 0 spiro atoms. The highest BCUT2D eigenvalue weighted by Crippen LogP contribution is 2.32. The molecule has 1 fully saturated rings. The van der Waals surface area contributed by atoms with Crippen molar-refractivity contribution in [1.82, 2.24) is 19.6 Å². The van der Waals surface area contributed by atoms with Crippen LogP contribution in [0.15, 0.2) is 42.6 Å². The van der Waals surface area contributed by atoms with Crippen LogP contribution in [0, 0.1) is 0 Å². The molecule has 0 N–H and O–H groups in total. The molecular formula is C19H26N4O. The Balaban J connectivity index is 1.76. The molecule has 0 radical (unpaired) electrons. The fourth-order valence-electron chi connectivity index (χ4n) is 3.63. The van der Waals surface area contributed by atoms with Gasteiger partial charge in [0.25, 0.3) is 0 Å². The quantitative estimate of drug-likeness (QED) is 0.866. The van der Waals surface area contributed by atoms with Gasteiger partial charge >= 0.3 is 0 Å². The van der Waals surface area contributed by atoms with Crippen molar-refractivity contribution < 1.29 is 4.79 Å².